The summed E-state index contributed by atoms with van der Waals surface area (Å²) in [5, 5.41) is 8.45. The molecule has 1 aromatic rings. The molecule has 1 heteroatoms. The van der Waals surface area contributed by atoms with Crippen LogP contribution in [0.3, 0.4) is 0 Å². The Hall–Kier alpha value is -1.81. The summed E-state index contributed by atoms with van der Waals surface area (Å²) in [6.07, 6.45) is 16.7. The third kappa shape index (κ3) is 5.53. The predicted octanol–water partition coefficient (Wildman–Crippen LogP) is 5.62. The standard InChI is InChI=1S/C21H27N/c1-2-18-7-9-20(10-8-18)15-16-21-13-11-19(12-14-21)6-4-3-5-17-22/h3-10,19,21H,2,11-16H2,1H3/t19-,21-. The minimum absolute atomic E-state index is 0.712. The first kappa shape index (κ1) is 16.6. The Balaban J connectivity index is 1.70. The number of aryl methyl sites for hydroxylation is 2. The first-order valence-electron chi connectivity index (χ1n) is 8.62. The smallest absolute Gasteiger partial charge is 0.0912 e. The van der Waals surface area contributed by atoms with E-state index in [0.29, 0.717) is 5.92 Å². The van der Waals surface area contributed by atoms with Gasteiger partial charge >= 0.3 is 0 Å². The van der Waals surface area contributed by atoms with Crippen molar-refractivity contribution in [3.8, 4) is 6.07 Å². The van der Waals surface area contributed by atoms with Gasteiger partial charge in [-0.15, -0.1) is 0 Å². The Morgan fingerprint density at radius 2 is 1.73 bits per heavy atom. The molecule has 2 rings (SSSR count). The van der Waals surface area contributed by atoms with Crippen LogP contribution in [-0.2, 0) is 12.8 Å². The maximum Gasteiger partial charge on any atom is 0.0912 e. The Kier molecular flexibility index (Phi) is 6.97. The first-order valence-corrected chi connectivity index (χ1v) is 8.62. The minimum Gasteiger partial charge on any atom is -0.193 e. The van der Waals surface area contributed by atoms with E-state index in [9.17, 15) is 0 Å². The molecule has 0 radical (unpaired) electrons. The van der Waals surface area contributed by atoms with Gasteiger partial charge in [0.05, 0.1) is 6.07 Å². The third-order valence-electron chi connectivity index (χ3n) is 4.83. The number of hydrogen-bond donors (Lipinski definition) is 0. The van der Waals surface area contributed by atoms with E-state index in [-0.39, 0.29) is 0 Å². The summed E-state index contributed by atoms with van der Waals surface area (Å²) in [6.45, 7) is 2.21. The van der Waals surface area contributed by atoms with Crippen LogP contribution in [0.5, 0.6) is 0 Å². The fraction of sp³-hybridized carbons (Fsp3) is 0.476. The topological polar surface area (TPSA) is 23.8 Å². The minimum atomic E-state index is 0.712. The fourth-order valence-corrected chi connectivity index (χ4v) is 3.30. The molecular formula is C21H27N. The Bertz CT molecular complexity index is 522. The zero-order chi connectivity index (χ0) is 15.6. The molecule has 0 N–H and O–H groups in total. The van der Waals surface area contributed by atoms with Gasteiger partial charge in [-0.25, -0.2) is 0 Å². The lowest BCUT2D eigenvalue weighted by Gasteiger charge is -2.26. The molecule has 1 aromatic carbocycles. The maximum atomic E-state index is 8.45. The number of allylic oxidation sites excluding steroid dienone is 4. The molecule has 116 valence electrons. The van der Waals surface area contributed by atoms with Crippen LogP contribution in [0.4, 0.5) is 0 Å². The summed E-state index contributed by atoms with van der Waals surface area (Å²) in [5.74, 6) is 1.61. The molecule has 0 atom stereocenters. The molecule has 1 saturated carbocycles. The Morgan fingerprint density at radius 1 is 1.05 bits per heavy atom. The quantitative estimate of drug-likeness (QED) is 0.493. The molecule has 1 aliphatic rings. The molecule has 0 bridgehead atoms. The summed E-state index contributed by atoms with van der Waals surface area (Å²) in [4.78, 5) is 0. The lowest BCUT2D eigenvalue weighted by Crippen LogP contribution is -2.13. The van der Waals surface area contributed by atoms with Gasteiger partial charge < -0.3 is 0 Å². The highest BCUT2D eigenvalue weighted by Gasteiger charge is 2.19. The predicted molar refractivity (Wildman–Crippen MR) is 93.5 cm³/mol. The largest absolute Gasteiger partial charge is 0.193 e. The molecule has 0 unspecified atom stereocenters. The van der Waals surface area contributed by atoms with Gasteiger partial charge in [0, 0.05) is 6.08 Å². The van der Waals surface area contributed by atoms with Crippen LogP contribution >= 0.6 is 0 Å². The molecule has 1 fully saturated rings. The van der Waals surface area contributed by atoms with Crippen molar-refractivity contribution in [3.05, 3.63) is 59.7 Å². The van der Waals surface area contributed by atoms with Crippen LogP contribution in [0.25, 0.3) is 0 Å². The number of rotatable bonds is 6. The van der Waals surface area contributed by atoms with Crippen molar-refractivity contribution in [1.29, 1.82) is 5.26 Å². The molecule has 0 aromatic heterocycles. The summed E-state index contributed by atoms with van der Waals surface area (Å²) in [6, 6.07) is 11.2. The molecule has 22 heavy (non-hydrogen) atoms. The van der Waals surface area contributed by atoms with Crippen molar-refractivity contribution in [2.24, 2.45) is 11.8 Å². The van der Waals surface area contributed by atoms with Crippen LogP contribution in [-0.4, -0.2) is 0 Å². The van der Waals surface area contributed by atoms with Crippen LogP contribution in [0.1, 0.15) is 50.2 Å². The summed E-state index contributed by atoms with van der Waals surface area (Å²) in [5.41, 5.74) is 2.92. The van der Waals surface area contributed by atoms with Gasteiger partial charge in [0.15, 0.2) is 0 Å². The van der Waals surface area contributed by atoms with Gasteiger partial charge in [0.1, 0.15) is 0 Å². The molecule has 0 spiro atoms. The second-order valence-corrected chi connectivity index (χ2v) is 6.36. The number of hydrogen-bond acceptors (Lipinski definition) is 1. The monoisotopic (exact) mass is 293 g/mol. The van der Waals surface area contributed by atoms with Gasteiger partial charge in [-0.2, -0.15) is 5.26 Å². The van der Waals surface area contributed by atoms with Gasteiger partial charge in [0.25, 0.3) is 0 Å². The van der Waals surface area contributed by atoms with E-state index in [4.69, 9.17) is 5.26 Å². The average Bonchev–Trinajstić information content (AvgIpc) is 2.58. The summed E-state index contributed by atoms with van der Waals surface area (Å²) in [7, 11) is 0. The molecule has 0 saturated heterocycles. The highest BCUT2D eigenvalue weighted by Crippen LogP contribution is 2.32. The highest BCUT2D eigenvalue weighted by molar-refractivity contribution is 5.22. The fourth-order valence-electron chi connectivity index (χ4n) is 3.30. The van der Waals surface area contributed by atoms with Crippen molar-refractivity contribution in [3.63, 3.8) is 0 Å². The van der Waals surface area contributed by atoms with Crippen LogP contribution in [0, 0.1) is 23.2 Å². The first-order chi connectivity index (χ1) is 10.8. The van der Waals surface area contributed by atoms with Gasteiger partial charge in [0.2, 0.25) is 0 Å². The van der Waals surface area contributed by atoms with E-state index in [1.54, 1.807) is 0 Å². The second-order valence-electron chi connectivity index (χ2n) is 6.36. The average molecular weight is 293 g/mol. The van der Waals surface area contributed by atoms with E-state index in [1.807, 2.05) is 18.2 Å². The molecule has 1 aliphatic carbocycles. The molecule has 0 heterocycles. The second kappa shape index (κ2) is 9.26. The summed E-state index contributed by atoms with van der Waals surface area (Å²) < 4.78 is 0. The molecule has 0 amide bonds. The van der Waals surface area contributed by atoms with E-state index in [2.05, 4.69) is 37.3 Å². The van der Waals surface area contributed by atoms with E-state index in [0.717, 1.165) is 12.3 Å². The van der Waals surface area contributed by atoms with E-state index >= 15 is 0 Å². The van der Waals surface area contributed by atoms with Crippen molar-refractivity contribution in [2.45, 2.75) is 51.9 Å². The van der Waals surface area contributed by atoms with Crippen LogP contribution in [0.15, 0.2) is 48.6 Å². The third-order valence-corrected chi connectivity index (χ3v) is 4.83. The number of nitriles is 1. The Labute approximate surface area is 135 Å². The zero-order valence-corrected chi connectivity index (χ0v) is 13.7. The lowest BCUT2D eigenvalue weighted by atomic mass is 9.79. The van der Waals surface area contributed by atoms with Crippen LogP contribution in [0.2, 0.25) is 0 Å². The maximum absolute atomic E-state index is 8.45. The van der Waals surface area contributed by atoms with E-state index in [1.165, 1.54) is 55.7 Å². The number of nitrogens with zero attached hydrogens (tertiary/aromatic N) is 1. The molecule has 1 nitrogen and oxygen atoms in total. The van der Waals surface area contributed by atoms with Crippen molar-refractivity contribution >= 4 is 0 Å². The lowest BCUT2D eigenvalue weighted by molar-refractivity contribution is 0.296. The van der Waals surface area contributed by atoms with Crippen molar-refractivity contribution < 1.29 is 0 Å². The zero-order valence-electron chi connectivity index (χ0n) is 13.7. The van der Waals surface area contributed by atoms with E-state index < -0.39 is 0 Å². The summed E-state index contributed by atoms with van der Waals surface area (Å²) >= 11 is 0. The number of benzene rings is 1. The normalized spacial score (nSPS) is 22.2. The van der Waals surface area contributed by atoms with Gasteiger partial charge in [-0.05, 0) is 67.9 Å². The molecule has 0 aliphatic heterocycles. The highest BCUT2D eigenvalue weighted by atomic mass is 14.2. The van der Waals surface area contributed by atoms with Crippen molar-refractivity contribution in [1.82, 2.24) is 0 Å². The molecular weight excluding hydrogens is 266 g/mol. The van der Waals surface area contributed by atoms with Crippen LogP contribution < -0.4 is 0 Å². The van der Waals surface area contributed by atoms with Crippen molar-refractivity contribution in [2.75, 3.05) is 0 Å². The van der Waals surface area contributed by atoms with Gasteiger partial charge in [-0.3, -0.25) is 0 Å². The SMILES string of the molecule is CCc1ccc(CC[C@H]2CC[C@H](C=CC=CC#N)CC2)cc1. The van der Waals surface area contributed by atoms with Gasteiger partial charge in [-0.1, -0.05) is 49.4 Å². The Morgan fingerprint density at radius 3 is 2.36 bits per heavy atom.